The van der Waals surface area contributed by atoms with Gasteiger partial charge in [0.1, 0.15) is 6.54 Å². The van der Waals surface area contributed by atoms with Crippen LogP contribution in [0.15, 0.2) is 41.3 Å². The molecule has 0 saturated carbocycles. The van der Waals surface area contributed by atoms with E-state index < -0.39 is 11.5 Å². The Morgan fingerprint density at radius 2 is 1.91 bits per heavy atom. The summed E-state index contributed by atoms with van der Waals surface area (Å²) in [6.45, 7) is 3.64. The van der Waals surface area contributed by atoms with Crippen LogP contribution in [-0.2, 0) is 16.1 Å². The first kappa shape index (κ1) is 16.7. The van der Waals surface area contributed by atoms with Crippen molar-refractivity contribution in [2.75, 3.05) is 0 Å². The molecule has 0 radical (unpaired) electrons. The van der Waals surface area contributed by atoms with Crippen LogP contribution in [0.25, 0.3) is 10.9 Å². The molecule has 1 amide bonds. The van der Waals surface area contributed by atoms with Crippen molar-refractivity contribution in [3.05, 3.63) is 46.8 Å². The molecular weight excluding hydrogens is 296 g/mol. The van der Waals surface area contributed by atoms with E-state index in [1.807, 2.05) is 6.07 Å². The van der Waals surface area contributed by atoms with Gasteiger partial charge in [0.05, 0.1) is 5.52 Å². The fourth-order valence-electron chi connectivity index (χ4n) is 2.45. The molecule has 0 unspecified atom stereocenters. The van der Waals surface area contributed by atoms with Gasteiger partial charge in [-0.2, -0.15) is 0 Å². The summed E-state index contributed by atoms with van der Waals surface area (Å²) in [5.74, 6) is -1.12. The van der Waals surface area contributed by atoms with Gasteiger partial charge < -0.3 is 15.0 Å². The fourth-order valence-corrected chi connectivity index (χ4v) is 2.45. The largest absolute Gasteiger partial charge is 0.481 e. The molecule has 0 bridgehead atoms. The van der Waals surface area contributed by atoms with Gasteiger partial charge in [-0.1, -0.05) is 12.1 Å². The zero-order chi connectivity index (χ0) is 17.0. The van der Waals surface area contributed by atoms with Gasteiger partial charge in [-0.25, -0.2) is 0 Å². The maximum atomic E-state index is 12.2. The molecule has 1 aromatic carbocycles. The second kappa shape index (κ2) is 6.64. The number of carboxylic acids is 1. The van der Waals surface area contributed by atoms with E-state index >= 15 is 0 Å². The van der Waals surface area contributed by atoms with Gasteiger partial charge >= 0.3 is 5.97 Å². The average Bonchev–Trinajstić information content (AvgIpc) is 2.48. The molecule has 122 valence electrons. The quantitative estimate of drug-likeness (QED) is 0.850. The first-order chi connectivity index (χ1) is 10.8. The lowest BCUT2D eigenvalue weighted by molar-refractivity contribution is -0.137. The van der Waals surface area contributed by atoms with Crippen LogP contribution in [0.3, 0.4) is 0 Å². The number of fused-ring (bicyclic) bond motifs is 1. The number of pyridine rings is 1. The van der Waals surface area contributed by atoms with Crippen LogP contribution in [0, 0.1) is 0 Å². The van der Waals surface area contributed by atoms with E-state index in [1.165, 1.54) is 6.07 Å². The van der Waals surface area contributed by atoms with Crippen LogP contribution in [0.2, 0.25) is 0 Å². The van der Waals surface area contributed by atoms with Crippen molar-refractivity contribution in [1.82, 2.24) is 9.88 Å². The monoisotopic (exact) mass is 316 g/mol. The lowest BCUT2D eigenvalue weighted by Gasteiger charge is -2.26. The highest BCUT2D eigenvalue weighted by Gasteiger charge is 2.21. The van der Waals surface area contributed by atoms with Crippen molar-refractivity contribution < 1.29 is 14.7 Å². The summed E-state index contributed by atoms with van der Waals surface area (Å²) >= 11 is 0. The van der Waals surface area contributed by atoms with E-state index in [4.69, 9.17) is 5.11 Å². The minimum atomic E-state index is -0.890. The van der Waals surface area contributed by atoms with Crippen molar-refractivity contribution in [1.29, 1.82) is 0 Å². The van der Waals surface area contributed by atoms with E-state index in [-0.39, 0.29) is 24.3 Å². The van der Waals surface area contributed by atoms with Crippen molar-refractivity contribution in [2.24, 2.45) is 0 Å². The first-order valence-corrected chi connectivity index (χ1v) is 7.39. The highest BCUT2D eigenvalue weighted by atomic mass is 16.4. The van der Waals surface area contributed by atoms with E-state index in [0.29, 0.717) is 17.3 Å². The Morgan fingerprint density at radius 1 is 1.22 bits per heavy atom. The number of amides is 1. The molecule has 0 spiro atoms. The Labute approximate surface area is 133 Å². The molecule has 2 N–H and O–H groups in total. The van der Waals surface area contributed by atoms with Crippen molar-refractivity contribution in [3.8, 4) is 0 Å². The van der Waals surface area contributed by atoms with Gasteiger partial charge in [0.25, 0.3) is 0 Å². The predicted octanol–water partition coefficient (Wildman–Crippen LogP) is 1.76. The third kappa shape index (κ3) is 4.42. The Bertz CT molecular complexity index is 793. The summed E-state index contributed by atoms with van der Waals surface area (Å²) in [5.41, 5.74) is 0.00200. The second-order valence-electron chi connectivity index (χ2n) is 6.15. The van der Waals surface area contributed by atoms with Crippen LogP contribution >= 0.6 is 0 Å². The number of hydrogen-bond donors (Lipinski definition) is 2. The van der Waals surface area contributed by atoms with Gasteiger partial charge in [0, 0.05) is 29.6 Å². The van der Waals surface area contributed by atoms with Crippen molar-refractivity contribution >= 4 is 22.8 Å². The minimum Gasteiger partial charge on any atom is -0.481 e. The number of nitrogens with one attached hydrogen (secondary N) is 1. The standard InChI is InChI=1S/C17H20N2O4/c1-17(2,9-7-16(22)23)18-15(21)11-19-10-8-14(20)12-5-3-4-6-13(12)19/h3-6,8,10H,7,9,11H2,1-2H3,(H,18,21)(H,22,23). The number of aliphatic carboxylic acids is 1. The van der Waals surface area contributed by atoms with Gasteiger partial charge in [0.2, 0.25) is 5.91 Å². The second-order valence-corrected chi connectivity index (χ2v) is 6.15. The maximum Gasteiger partial charge on any atom is 0.303 e. The minimum absolute atomic E-state index is 0.00572. The van der Waals surface area contributed by atoms with Crippen molar-refractivity contribution in [3.63, 3.8) is 0 Å². The fraction of sp³-hybridized carbons (Fsp3) is 0.353. The van der Waals surface area contributed by atoms with Gasteiger partial charge in [-0.3, -0.25) is 14.4 Å². The van der Waals surface area contributed by atoms with Gasteiger partial charge in [-0.05, 0) is 32.4 Å². The summed E-state index contributed by atoms with van der Waals surface area (Å²) in [6.07, 6.45) is 1.93. The highest BCUT2D eigenvalue weighted by Crippen LogP contribution is 2.12. The molecule has 0 fully saturated rings. The number of carbonyl (C=O) groups is 2. The van der Waals surface area contributed by atoms with Crippen LogP contribution in [0.1, 0.15) is 26.7 Å². The molecule has 0 atom stereocenters. The lowest BCUT2D eigenvalue weighted by Crippen LogP contribution is -2.45. The van der Waals surface area contributed by atoms with E-state index in [1.54, 1.807) is 42.8 Å². The number of hydrogen-bond acceptors (Lipinski definition) is 3. The summed E-state index contributed by atoms with van der Waals surface area (Å²) in [4.78, 5) is 34.7. The molecule has 23 heavy (non-hydrogen) atoms. The number of nitrogens with zero attached hydrogens (tertiary/aromatic N) is 1. The Morgan fingerprint density at radius 3 is 2.61 bits per heavy atom. The number of para-hydroxylation sites is 1. The van der Waals surface area contributed by atoms with Gasteiger partial charge in [0.15, 0.2) is 5.43 Å². The van der Waals surface area contributed by atoms with Crippen LogP contribution in [-0.4, -0.2) is 27.1 Å². The third-order valence-electron chi connectivity index (χ3n) is 3.64. The molecule has 1 aromatic heterocycles. The molecule has 2 rings (SSSR count). The molecule has 0 aliphatic heterocycles. The highest BCUT2D eigenvalue weighted by molar-refractivity contribution is 5.82. The Balaban J connectivity index is 2.13. The molecule has 6 nitrogen and oxygen atoms in total. The van der Waals surface area contributed by atoms with Crippen LogP contribution in [0.4, 0.5) is 0 Å². The topological polar surface area (TPSA) is 88.4 Å². The van der Waals surface area contributed by atoms with Crippen LogP contribution in [0.5, 0.6) is 0 Å². The maximum absolute atomic E-state index is 12.2. The number of carboxylic acid groups (broad SMARTS) is 1. The number of benzene rings is 1. The molecule has 0 aliphatic rings. The number of carbonyl (C=O) groups excluding carboxylic acids is 1. The smallest absolute Gasteiger partial charge is 0.303 e. The molecular formula is C17H20N2O4. The zero-order valence-electron chi connectivity index (χ0n) is 13.2. The summed E-state index contributed by atoms with van der Waals surface area (Å²) < 4.78 is 1.71. The van der Waals surface area contributed by atoms with Gasteiger partial charge in [-0.15, -0.1) is 0 Å². The average molecular weight is 316 g/mol. The zero-order valence-corrected chi connectivity index (χ0v) is 13.2. The third-order valence-corrected chi connectivity index (χ3v) is 3.64. The predicted molar refractivity (Wildman–Crippen MR) is 87.3 cm³/mol. The van der Waals surface area contributed by atoms with E-state index in [2.05, 4.69) is 5.32 Å². The molecule has 0 aliphatic carbocycles. The Hall–Kier alpha value is -2.63. The number of rotatable bonds is 6. The summed E-state index contributed by atoms with van der Waals surface area (Å²) in [5, 5.41) is 12.1. The number of aromatic nitrogens is 1. The van der Waals surface area contributed by atoms with E-state index in [0.717, 1.165) is 0 Å². The normalized spacial score (nSPS) is 11.4. The molecule has 6 heteroatoms. The Kier molecular flexibility index (Phi) is 4.83. The lowest BCUT2D eigenvalue weighted by atomic mass is 9.98. The summed E-state index contributed by atoms with van der Waals surface area (Å²) in [6, 6.07) is 8.55. The first-order valence-electron chi connectivity index (χ1n) is 7.39. The molecule has 0 saturated heterocycles. The molecule has 2 aromatic rings. The van der Waals surface area contributed by atoms with E-state index in [9.17, 15) is 14.4 Å². The van der Waals surface area contributed by atoms with Crippen LogP contribution < -0.4 is 10.7 Å². The molecule has 1 heterocycles. The SMILES string of the molecule is CC(C)(CCC(=O)O)NC(=O)Cn1ccc(=O)c2ccccc21. The van der Waals surface area contributed by atoms with Crippen molar-refractivity contribution in [2.45, 2.75) is 38.8 Å². The summed E-state index contributed by atoms with van der Waals surface area (Å²) in [7, 11) is 0.